The van der Waals surface area contributed by atoms with Crippen LogP contribution < -0.4 is 16.4 Å². The first-order valence-corrected chi connectivity index (χ1v) is 10.9. The number of nitrogens with one attached hydrogen (secondary N) is 4. The van der Waals surface area contributed by atoms with Crippen LogP contribution in [0.2, 0.25) is 0 Å². The van der Waals surface area contributed by atoms with Gasteiger partial charge in [-0.25, -0.2) is 4.68 Å². The number of carbonyl (C=O) groups is 1. The smallest absolute Gasteiger partial charge is 0.256 e. The monoisotopic (exact) mass is 463 g/mol. The molecular weight excluding hydrogens is 438 g/mol. The fourth-order valence-corrected chi connectivity index (χ4v) is 3.66. The molecule has 0 radical (unpaired) electrons. The molecule has 0 atom stereocenters. The molecular formula is C27H25N7O. The van der Waals surface area contributed by atoms with E-state index in [1.165, 1.54) is 12.4 Å². The Morgan fingerprint density at radius 2 is 1.74 bits per heavy atom. The largest absolute Gasteiger partial charge is 0.404 e. The maximum absolute atomic E-state index is 12.4. The molecule has 8 heteroatoms. The van der Waals surface area contributed by atoms with Crippen LogP contribution in [0.3, 0.4) is 0 Å². The number of nitrogens with zero attached hydrogens (tertiary/aromatic N) is 2. The van der Waals surface area contributed by atoms with Gasteiger partial charge >= 0.3 is 0 Å². The number of hydrogen-bond acceptors (Lipinski definition) is 6. The lowest BCUT2D eigenvalue weighted by Gasteiger charge is -2.09. The van der Waals surface area contributed by atoms with E-state index in [9.17, 15) is 4.79 Å². The van der Waals surface area contributed by atoms with Crippen LogP contribution >= 0.6 is 0 Å². The Balaban J connectivity index is 1.67. The van der Waals surface area contributed by atoms with E-state index in [4.69, 9.17) is 21.7 Å². The molecule has 1 amide bonds. The number of benzene rings is 3. The molecule has 35 heavy (non-hydrogen) atoms. The van der Waals surface area contributed by atoms with Crippen molar-refractivity contribution in [2.75, 3.05) is 10.6 Å². The lowest BCUT2D eigenvalue weighted by atomic mass is 10.1. The second-order valence-corrected chi connectivity index (χ2v) is 7.64. The number of allylic oxidation sites excluding steroid dienone is 2. The highest BCUT2D eigenvalue weighted by Gasteiger charge is 2.13. The molecule has 0 aliphatic carbocycles. The third-order valence-electron chi connectivity index (χ3n) is 5.48. The molecule has 0 spiro atoms. The van der Waals surface area contributed by atoms with Crippen molar-refractivity contribution in [3.05, 3.63) is 96.2 Å². The van der Waals surface area contributed by atoms with Crippen LogP contribution in [0.5, 0.6) is 0 Å². The Morgan fingerprint density at radius 1 is 0.971 bits per heavy atom. The number of para-hydroxylation sites is 1. The summed E-state index contributed by atoms with van der Waals surface area (Å²) in [6.45, 7) is 1.72. The summed E-state index contributed by atoms with van der Waals surface area (Å²) in [5, 5.41) is 26.8. The Bertz CT molecular complexity index is 1460. The van der Waals surface area contributed by atoms with Crippen LogP contribution in [-0.2, 0) is 4.79 Å². The van der Waals surface area contributed by atoms with E-state index in [1.54, 1.807) is 19.1 Å². The van der Waals surface area contributed by atoms with Gasteiger partial charge in [-0.3, -0.25) is 4.79 Å². The Hall–Kier alpha value is -4.98. The normalized spacial score (nSPS) is 11.8. The molecule has 1 aromatic heterocycles. The fraction of sp³-hybridized carbons (Fsp3) is 0.0370. The summed E-state index contributed by atoms with van der Waals surface area (Å²) >= 11 is 0. The fourth-order valence-electron chi connectivity index (χ4n) is 3.66. The molecule has 174 valence electrons. The molecule has 0 unspecified atom stereocenters. The van der Waals surface area contributed by atoms with Crippen molar-refractivity contribution in [1.29, 1.82) is 10.8 Å². The van der Waals surface area contributed by atoms with E-state index in [0.29, 0.717) is 17.1 Å². The lowest BCUT2D eigenvalue weighted by molar-refractivity contribution is -0.112. The molecule has 0 aliphatic rings. The molecule has 0 aliphatic heterocycles. The summed E-state index contributed by atoms with van der Waals surface area (Å²) < 4.78 is 1.82. The first-order valence-electron chi connectivity index (χ1n) is 10.9. The van der Waals surface area contributed by atoms with Crippen molar-refractivity contribution >= 4 is 52.0 Å². The molecule has 0 saturated carbocycles. The summed E-state index contributed by atoms with van der Waals surface area (Å²) in [7, 11) is 0. The van der Waals surface area contributed by atoms with Crippen LogP contribution in [0.15, 0.2) is 90.6 Å². The number of carbonyl (C=O) groups excluding carboxylic acids is 1. The van der Waals surface area contributed by atoms with E-state index in [1.807, 2.05) is 71.4 Å². The van der Waals surface area contributed by atoms with Crippen LogP contribution in [-0.4, -0.2) is 28.1 Å². The number of hydrogen-bond donors (Lipinski definition) is 5. The van der Waals surface area contributed by atoms with Gasteiger partial charge in [-0.05, 0) is 55.0 Å². The zero-order valence-electron chi connectivity index (χ0n) is 19.1. The van der Waals surface area contributed by atoms with Crippen LogP contribution in [0.25, 0.3) is 22.2 Å². The number of anilines is 3. The standard InChI is InChI=1S/C27H25N7O/c1-2-18(15-28)27(35)32-22-6-5-7-23(14-22)34-25-9-4-3-8-24(25)26(33-34)31-21-12-10-19(11-13-21)20(16-29)17-30/h2-17,28-29H,30H2,1H3,(H,31,33)(H,32,35)/b18-2+,20-17?,28-15?,29-16?. The van der Waals surface area contributed by atoms with Crippen molar-refractivity contribution in [2.24, 2.45) is 5.73 Å². The summed E-state index contributed by atoms with van der Waals surface area (Å²) in [6.07, 6.45) is 5.25. The third-order valence-corrected chi connectivity index (χ3v) is 5.48. The van der Waals surface area contributed by atoms with Crippen molar-refractivity contribution in [2.45, 2.75) is 6.92 Å². The van der Waals surface area contributed by atoms with Crippen LogP contribution in [0.4, 0.5) is 17.2 Å². The van der Waals surface area contributed by atoms with Crippen LogP contribution in [0, 0.1) is 10.8 Å². The Kier molecular flexibility index (Phi) is 6.83. The SMILES string of the molecule is C/C=C(\C=N)C(=O)Nc1cccc(-n2nc(Nc3ccc(C(C=N)=CN)cc3)c3ccccc32)c1. The highest BCUT2D eigenvalue weighted by molar-refractivity contribution is 6.17. The van der Waals surface area contributed by atoms with Gasteiger partial charge in [0.15, 0.2) is 5.82 Å². The van der Waals surface area contributed by atoms with Gasteiger partial charge in [-0.2, -0.15) is 0 Å². The summed E-state index contributed by atoms with van der Waals surface area (Å²) in [5.74, 6) is 0.343. The summed E-state index contributed by atoms with van der Waals surface area (Å²) in [5.41, 5.74) is 10.5. The third kappa shape index (κ3) is 4.86. The van der Waals surface area contributed by atoms with Crippen molar-refractivity contribution in [3.8, 4) is 5.69 Å². The molecule has 1 heterocycles. The second-order valence-electron chi connectivity index (χ2n) is 7.64. The zero-order valence-corrected chi connectivity index (χ0v) is 19.1. The average molecular weight is 464 g/mol. The molecule has 8 nitrogen and oxygen atoms in total. The highest BCUT2D eigenvalue weighted by atomic mass is 16.1. The van der Waals surface area contributed by atoms with E-state index >= 15 is 0 Å². The van der Waals surface area contributed by atoms with Gasteiger partial charge < -0.3 is 27.2 Å². The number of nitrogens with two attached hydrogens (primary N) is 1. The quantitative estimate of drug-likeness (QED) is 0.180. The number of amides is 1. The molecule has 0 saturated heterocycles. The van der Waals surface area contributed by atoms with Gasteiger partial charge in [0.2, 0.25) is 0 Å². The van der Waals surface area contributed by atoms with Gasteiger partial charge in [0.05, 0.1) is 16.8 Å². The maximum Gasteiger partial charge on any atom is 0.256 e. The number of rotatable bonds is 8. The molecule has 0 fully saturated rings. The lowest BCUT2D eigenvalue weighted by Crippen LogP contribution is -2.15. The minimum atomic E-state index is -0.341. The molecule has 3 aromatic carbocycles. The van der Waals surface area contributed by atoms with Gasteiger partial charge in [0.1, 0.15) is 0 Å². The first kappa shape index (κ1) is 23.2. The zero-order chi connectivity index (χ0) is 24.8. The van der Waals surface area contributed by atoms with E-state index in [0.717, 1.165) is 34.1 Å². The second kappa shape index (κ2) is 10.3. The molecule has 4 rings (SSSR count). The first-order chi connectivity index (χ1) is 17.1. The van der Waals surface area contributed by atoms with E-state index < -0.39 is 0 Å². The predicted octanol–water partition coefficient (Wildman–Crippen LogP) is 5.25. The van der Waals surface area contributed by atoms with Gasteiger partial charge in [0.25, 0.3) is 5.91 Å². The average Bonchev–Trinajstić information content (AvgIpc) is 3.25. The molecule has 0 bridgehead atoms. The topological polar surface area (TPSA) is 133 Å². The number of aromatic nitrogens is 2. The predicted molar refractivity (Wildman–Crippen MR) is 143 cm³/mol. The van der Waals surface area contributed by atoms with Crippen molar-refractivity contribution in [3.63, 3.8) is 0 Å². The highest BCUT2D eigenvalue weighted by Crippen LogP contribution is 2.29. The van der Waals surface area contributed by atoms with E-state index in [2.05, 4.69) is 10.6 Å². The Morgan fingerprint density at radius 3 is 2.43 bits per heavy atom. The summed E-state index contributed by atoms with van der Waals surface area (Å²) in [4.78, 5) is 12.4. The minimum absolute atomic E-state index is 0.284. The number of fused-ring (bicyclic) bond motifs is 1. The molecule has 4 aromatic rings. The molecule has 6 N–H and O–H groups in total. The Labute approximate surface area is 202 Å². The van der Waals surface area contributed by atoms with Gasteiger partial charge in [-0.15, -0.1) is 5.10 Å². The van der Waals surface area contributed by atoms with Crippen molar-refractivity contribution < 1.29 is 4.79 Å². The van der Waals surface area contributed by atoms with Gasteiger partial charge in [0, 0.05) is 41.0 Å². The summed E-state index contributed by atoms with van der Waals surface area (Å²) in [6, 6.07) is 22.9. The van der Waals surface area contributed by atoms with Crippen LogP contribution in [0.1, 0.15) is 12.5 Å². The minimum Gasteiger partial charge on any atom is -0.404 e. The van der Waals surface area contributed by atoms with Gasteiger partial charge in [-0.1, -0.05) is 36.4 Å². The van der Waals surface area contributed by atoms with Crippen molar-refractivity contribution in [1.82, 2.24) is 9.78 Å². The van der Waals surface area contributed by atoms with E-state index in [-0.39, 0.29) is 11.5 Å². The maximum atomic E-state index is 12.4.